The van der Waals surface area contributed by atoms with Gasteiger partial charge in [-0.15, -0.1) is 11.3 Å². The number of anilines is 1. The van der Waals surface area contributed by atoms with Crippen LogP contribution in [-0.4, -0.2) is 18.1 Å². The van der Waals surface area contributed by atoms with Gasteiger partial charge in [-0.2, -0.15) is 0 Å². The third kappa shape index (κ3) is 3.54. The van der Waals surface area contributed by atoms with Crippen LogP contribution in [0.25, 0.3) is 0 Å². The molecule has 0 fully saturated rings. The second kappa shape index (κ2) is 6.45. The number of carbonyl (C=O) groups excluding carboxylic acids is 1. The third-order valence-corrected chi connectivity index (χ3v) is 4.34. The molecule has 0 radical (unpaired) electrons. The van der Waals surface area contributed by atoms with Crippen molar-refractivity contribution in [2.24, 2.45) is 0 Å². The van der Waals surface area contributed by atoms with Crippen molar-refractivity contribution in [3.63, 3.8) is 0 Å². The van der Waals surface area contributed by atoms with Crippen LogP contribution in [-0.2, 0) is 4.74 Å². The molecule has 0 aliphatic heterocycles. The molecule has 0 saturated carbocycles. The Morgan fingerprint density at radius 2 is 2.14 bits per heavy atom. The van der Waals surface area contributed by atoms with Gasteiger partial charge in [-0.1, -0.05) is 11.6 Å². The van der Waals surface area contributed by atoms with Crippen molar-refractivity contribution in [3.8, 4) is 0 Å². The minimum absolute atomic E-state index is 0.000321. The molecule has 0 aliphatic rings. The summed E-state index contributed by atoms with van der Waals surface area (Å²) in [4.78, 5) is 17.3. The fourth-order valence-corrected chi connectivity index (χ4v) is 3.22. The lowest BCUT2D eigenvalue weighted by Gasteiger charge is -2.16. The number of carbonyl (C=O) groups is 1. The molecule has 1 N–H and O–H groups in total. The van der Waals surface area contributed by atoms with Gasteiger partial charge in [0.25, 0.3) is 0 Å². The van der Waals surface area contributed by atoms with E-state index in [1.165, 1.54) is 12.0 Å². The summed E-state index contributed by atoms with van der Waals surface area (Å²) < 4.78 is 4.72. The van der Waals surface area contributed by atoms with Gasteiger partial charge in [0.15, 0.2) is 0 Å². The van der Waals surface area contributed by atoms with Crippen molar-refractivity contribution in [1.29, 1.82) is 0 Å². The molecule has 21 heavy (non-hydrogen) atoms. The smallest absolute Gasteiger partial charge is 0.337 e. The maximum absolute atomic E-state index is 11.6. The molecule has 2 rings (SSSR count). The van der Waals surface area contributed by atoms with Crippen molar-refractivity contribution in [2.75, 3.05) is 12.4 Å². The first-order valence-electron chi connectivity index (χ1n) is 6.50. The lowest BCUT2D eigenvalue weighted by Crippen LogP contribution is -2.10. The highest BCUT2D eigenvalue weighted by atomic mass is 35.5. The third-order valence-electron chi connectivity index (χ3n) is 3.11. The maximum Gasteiger partial charge on any atom is 0.337 e. The number of nitrogens with zero attached hydrogens (tertiary/aromatic N) is 1. The van der Waals surface area contributed by atoms with Gasteiger partial charge in [0.05, 0.1) is 40.1 Å². The number of nitrogens with one attached hydrogen (secondary N) is 1. The Hall–Kier alpha value is -1.59. The second-order valence-corrected chi connectivity index (χ2v) is 6.54. The molecule has 1 atom stereocenters. The van der Waals surface area contributed by atoms with Crippen molar-refractivity contribution >= 4 is 34.6 Å². The quantitative estimate of drug-likeness (QED) is 0.848. The predicted octanol–water partition coefficient (Wildman–Crippen LogP) is 4.37. The first kappa shape index (κ1) is 15.8. The van der Waals surface area contributed by atoms with E-state index in [9.17, 15) is 4.79 Å². The van der Waals surface area contributed by atoms with Crippen LogP contribution in [0.3, 0.4) is 0 Å². The Bertz CT molecular complexity index is 670. The molecule has 112 valence electrons. The molecule has 0 saturated heterocycles. The van der Waals surface area contributed by atoms with Gasteiger partial charge in [-0.25, -0.2) is 9.78 Å². The number of ether oxygens (including phenoxy) is 1. The number of esters is 1. The van der Waals surface area contributed by atoms with Crippen LogP contribution in [0.2, 0.25) is 5.02 Å². The highest BCUT2D eigenvalue weighted by Crippen LogP contribution is 2.29. The average molecular weight is 325 g/mol. The normalized spacial score (nSPS) is 12.0. The van der Waals surface area contributed by atoms with Crippen LogP contribution in [0.15, 0.2) is 18.2 Å². The number of benzene rings is 1. The van der Waals surface area contributed by atoms with Gasteiger partial charge in [0, 0.05) is 4.88 Å². The summed E-state index contributed by atoms with van der Waals surface area (Å²) in [6.45, 7) is 6.05. The van der Waals surface area contributed by atoms with E-state index in [2.05, 4.69) is 10.3 Å². The van der Waals surface area contributed by atoms with E-state index in [0.29, 0.717) is 16.3 Å². The number of aromatic nitrogens is 1. The van der Waals surface area contributed by atoms with Crippen molar-refractivity contribution < 1.29 is 9.53 Å². The molecule has 0 bridgehead atoms. The zero-order chi connectivity index (χ0) is 15.6. The number of hydrogen-bond donors (Lipinski definition) is 1. The number of aryl methyl sites for hydroxylation is 2. The molecule has 6 heteroatoms. The highest BCUT2D eigenvalue weighted by Gasteiger charge is 2.15. The molecular formula is C15H17ClN2O2S. The predicted molar refractivity (Wildman–Crippen MR) is 86.4 cm³/mol. The van der Waals surface area contributed by atoms with E-state index in [1.807, 2.05) is 20.8 Å². The van der Waals surface area contributed by atoms with E-state index in [1.54, 1.807) is 29.5 Å². The Morgan fingerprint density at radius 1 is 1.43 bits per heavy atom. The summed E-state index contributed by atoms with van der Waals surface area (Å²) in [7, 11) is 1.36. The van der Waals surface area contributed by atoms with E-state index in [4.69, 9.17) is 16.3 Å². The van der Waals surface area contributed by atoms with Crippen LogP contribution in [0.1, 0.15) is 38.9 Å². The summed E-state index contributed by atoms with van der Waals surface area (Å²) in [5.74, 6) is -0.386. The van der Waals surface area contributed by atoms with Crippen LogP contribution >= 0.6 is 22.9 Å². The molecule has 2 aromatic rings. The van der Waals surface area contributed by atoms with Gasteiger partial charge in [-0.3, -0.25) is 0 Å². The Kier molecular flexibility index (Phi) is 4.85. The summed E-state index contributed by atoms with van der Waals surface area (Å²) in [5, 5.41) is 4.89. The SMILES string of the molecule is COC(=O)c1ccc(Cl)c(NC(C)c2nc(C)sc2C)c1. The average Bonchev–Trinajstić information content (AvgIpc) is 2.79. The molecule has 0 aliphatic carbocycles. The number of thiazole rings is 1. The number of methoxy groups -OCH3 is 1. The van der Waals surface area contributed by atoms with Gasteiger partial charge in [0.1, 0.15) is 0 Å². The van der Waals surface area contributed by atoms with Gasteiger partial charge >= 0.3 is 5.97 Å². The van der Waals surface area contributed by atoms with Crippen molar-refractivity contribution in [3.05, 3.63) is 44.4 Å². The van der Waals surface area contributed by atoms with Gasteiger partial charge < -0.3 is 10.1 Å². The maximum atomic E-state index is 11.6. The van der Waals surface area contributed by atoms with Crippen molar-refractivity contribution in [1.82, 2.24) is 4.98 Å². The van der Waals surface area contributed by atoms with E-state index >= 15 is 0 Å². The van der Waals surface area contributed by atoms with Crippen LogP contribution in [0.4, 0.5) is 5.69 Å². The summed E-state index contributed by atoms with van der Waals surface area (Å²) in [5.41, 5.74) is 2.15. The minimum Gasteiger partial charge on any atom is -0.465 e. The lowest BCUT2D eigenvalue weighted by molar-refractivity contribution is 0.0601. The highest BCUT2D eigenvalue weighted by molar-refractivity contribution is 7.11. The largest absolute Gasteiger partial charge is 0.465 e. The monoisotopic (exact) mass is 324 g/mol. The first-order valence-corrected chi connectivity index (χ1v) is 7.70. The van der Waals surface area contributed by atoms with Crippen LogP contribution < -0.4 is 5.32 Å². The summed E-state index contributed by atoms with van der Waals surface area (Å²) in [6.07, 6.45) is 0. The van der Waals surface area contributed by atoms with Gasteiger partial charge in [0.2, 0.25) is 0 Å². The number of hydrogen-bond acceptors (Lipinski definition) is 5. The zero-order valence-electron chi connectivity index (χ0n) is 12.4. The lowest BCUT2D eigenvalue weighted by atomic mass is 10.1. The molecule has 4 nitrogen and oxygen atoms in total. The summed E-state index contributed by atoms with van der Waals surface area (Å²) in [6, 6.07) is 5.02. The fourth-order valence-electron chi connectivity index (χ4n) is 2.13. The molecule has 1 heterocycles. The van der Waals surface area contributed by atoms with Crippen LogP contribution in [0.5, 0.6) is 0 Å². The van der Waals surface area contributed by atoms with E-state index < -0.39 is 0 Å². The zero-order valence-corrected chi connectivity index (χ0v) is 13.9. The Labute approximate surface area is 133 Å². The minimum atomic E-state index is -0.386. The number of rotatable bonds is 4. The second-order valence-electron chi connectivity index (χ2n) is 4.73. The number of halogens is 1. The van der Waals surface area contributed by atoms with E-state index in [-0.39, 0.29) is 12.0 Å². The van der Waals surface area contributed by atoms with Gasteiger partial charge in [-0.05, 0) is 39.0 Å². The standard InChI is InChI=1S/C15H17ClN2O2S/c1-8(14-9(2)21-10(3)18-14)17-13-7-11(15(19)20-4)5-6-12(13)16/h5-8,17H,1-4H3. The van der Waals surface area contributed by atoms with Crippen molar-refractivity contribution in [2.45, 2.75) is 26.8 Å². The van der Waals surface area contributed by atoms with Crippen LogP contribution in [0, 0.1) is 13.8 Å². The molecular weight excluding hydrogens is 308 g/mol. The molecule has 0 amide bonds. The Balaban J connectivity index is 2.26. The topological polar surface area (TPSA) is 51.2 Å². The molecule has 0 spiro atoms. The summed E-state index contributed by atoms with van der Waals surface area (Å²) >= 11 is 7.85. The Morgan fingerprint density at radius 3 is 2.71 bits per heavy atom. The first-order chi connectivity index (χ1) is 9.92. The molecule has 1 unspecified atom stereocenters. The molecule has 1 aromatic heterocycles. The van der Waals surface area contributed by atoms with E-state index in [0.717, 1.165) is 10.7 Å². The molecule has 1 aromatic carbocycles. The fraction of sp³-hybridized carbons (Fsp3) is 0.333.